The molecular formula is C12H23Br. The Kier molecular flexibility index (Phi) is 5.28. The molecule has 0 amide bonds. The second-order valence-electron chi connectivity index (χ2n) is 4.22. The third-order valence-electron chi connectivity index (χ3n) is 3.30. The van der Waals surface area contributed by atoms with E-state index in [0.29, 0.717) is 5.41 Å². The van der Waals surface area contributed by atoms with E-state index in [-0.39, 0.29) is 4.32 Å². The van der Waals surface area contributed by atoms with Crippen molar-refractivity contribution in [3.63, 3.8) is 0 Å². The zero-order valence-corrected chi connectivity index (χ0v) is 11.1. The van der Waals surface area contributed by atoms with Crippen LogP contribution in [0.25, 0.3) is 0 Å². The summed E-state index contributed by atoms with van der Waals surface area (Å²) in [6.07, 6.45) is 6.88. The average molecular weight is 247 g/mol. The van der Waals surface area contributed by atoms with Gasteiger partial charge in [0.15, 0.2) is 0 Å². The van der Waals surface area contributed by atoms with E-state index >= 15 is 0 Å². The molecule has 78 valence electrons. The second kappa shape index (κ2) is 5.19. The molecule has 1 atom stereocenters. The summed E-state index contributed by atoms with van der Waals surface area (Å²) < 4.78 is 0.271. The van der Waals surface area contributed by atoms with Crippen LogP contribution >= 0.6 is 15.9 Å². The van der Waals surface area contributed by atoms with Crippen LogP contribution in [0.2, 0.25) is 0 Å². The van der Waals surface area contributed by atoms with Crippen molar-refractivity contribution in [3.05, 3.63) is 12.7 Å². The molecule has 0 saturated carbocycles. The van der Waals surface area contributed by atoms with Gasteiger partial charge in [0.1, 0.15) is 0 Å². The van der Waals surface area contributed by atoms with Crippen LogP contribution in [0, 0.1) is 5.41 Å². The quantitative estimate of drug-likeness (QED) is 0.461. The van der Waals surface area contributed by atoms with Crippen molar-refractivity contribution in [1.82, 2.24) is 0 Å². The lowest BCUT2D eigenvalue weighted by molar-refractivity contribution is 0.288. The summed E-state index contributed by atoms with van der Waals surface area (Å²) in [7, 11) is 0. The molecule has 0 aliphatic carbocycles. The third kappa shape index (κ3) is 3.84. The lowest BCUT2D eigenvalue weighted by atomic mass is 9.75. The lowest BCUT2D eigenvalue weighted by Gasteiger charge is -2.35. The summed E-state index contributed by atoms with van der Waals surface area (Å²) in [6, 6.07) is 0. The van der Waals surface area contributed by atoms with E-state index in [1.54, 1.807) is 0 Å². The Morgan fingerprint density at radius 2 is 1.62 bits per heavy atom. The minimum atomic E-state index is 0.271. The van der Waals surface area contributed by atoms with E-state index in [1.807, 2.05) is 0 Å². The van der Waals surface area contributed by atoms with E-state index in [9.17, 15) is 0 Å². The van der Waals surface area contributed by atoms with E-state index in [1.165, 1.54) is 25.7 Å². The molecular weight excluding hydrogens is 224 g/mol. The highest BCUT2D eigenvalue weighted by Gasteiger charge is 2.31. The summed E-state index contributed by atoms with van der Waals surface area (Å²) in [4.78, 5) is 0. The normalized spacial score (nSPS) is 16.7. The molecule has 0 radical (unpaired) electrons. The first-order chi connectivity index (χ1) is 5.95. The van der Waals surface area contributed by atoms with Crippen LogP contribution in [-0.4, -0.2) is 4.32 Å². The van der Waals surface area contributed by atoms with Gasteiger partial charge < -0.3 is 0 Å². The van der Waals surface area contributed by atoms with Crippen LogP contribution < -0.4 is 0 Å². The van der Waals surface area contributed by atoms with Gasteiger partial charge in [-0.1, -0.05) is 42.8 Å². The first kappa shape index (κ1) is 13.2. The molecule has 1 unspecified atom stereocenters. The van der Waals surface area contributed by atoms with Crippen LogP contribution in [0.15, 0.2) is 12.7 Å². The number of halogens is 1. The molecule has 0 N–H and O–H groups in total. The predicted molar refractivity (Wildman–Crippen MR) is 65.5 cm³/mol. The van der Waals surface area contributed by atoms with Gasteiger partial charge in [0.05, 0.1) is 0 Å². The van der Waals surface area contributed by atoms with Gasteiger partial charge >= 0.3 is 0 Å². The Labute approximate surface area is 91.9 Å². The first-order valence-corrected chi connectivity index (χ1v) is 6.07. The SMILES string of the molecule is C=CC(CC)(CC)CC(C)(Br)CC. The monoisotopic (exact) mass is 246 g/mol. The smallest absolute Gasteiger partial charge is 0.0235 e. The van der Waals surface area contributed by atoms with Crippen molar-refractivity contribution in [2.45, 2.75) is 57.7 Å². The Hall–Kier alpha value is 0.220. The molecule has 0 fully saturated rings. The van der Waals surface area contributed by atoms with Crippen LogP contribution in [0.3, 0.4) is 0 Å². The standard InChI is InChI=1S/C12H23Br/c1-6-11(5,13)10-12(7-2,8-3)9-4/h7H,2,6,8-10H2,1,3-5H3. The number of rotatable bonds is 6. The Morgan fingerprint density at radius 3 is 1.85 bits per heavy atom. The molecule has 13 heavy (non-hydrogen) atoms. The fourth-order valence-corrected chi connectivity index (χ4v) is 2.28. The second-order valence-corrected chi connectivity index (χ2v) is 6.13. The van der Waals surface area contributed by atoms with Crippen molar-refractivity contribution in [2.24, 2.45) is 5.41 Å². The molecule has 0 rings (SSSR count). The number of allylic oxidation sites excluding steroid dienone is 1. The van der Waals surface area contributed by atoms with E-state index in [4.69, 9.17) is 0 Å². The maximum Gasteiger partial charge on any atom is 0.0235 e. The number of hydrogen-bond acceptors (Lipinski definition) is 0. The number of hydrogen-bond donors (Lipinski definition) is 0. The topological polar surface area (TPSA) is 0 Å². The van der Waals surface area contributed by atoms with Crippen LogP contribution in [-0.2, 0) is 0 Å². The first-order valence-electron chi connectivity index (χ1n) is 5.27. The molecule has 1 heteroatoms. The minimum Gasteiger partial charge on any atom is -0.103 e. The molecule has 0 spiro atoms. The highest BCUT2D eigenvalue weighted by Crippen LogP contribution is 2.41. The van der Waals surface area contributed by atoms with Crippen molar-refractivity contribution in [2.75, 3.05) is 0 Å². The third-order valence-corrected chi connectivity index (χ3v) is 4.14. The van der Waals surface area contributed by atoms with Crippen molar-refractivity contribution < 1.29 is 0 Å². The molecule has 0 heterocycles. The summed E-state index contributed by atoms with van der Waals surface area (Å²) >= 11 is 3.79. The maximum atomic E-state index is 3.97. The predicted octanol–water partition coefficient (Wildman–Crippen LogP) is 4.93. The zero-order chi connectivity index (χ0) is 10.5. The zero-order valence-electron chi connectivity index (χ0n) is 9.49. The van der Waals surface area contributed by atoms with Gasteiger partial charge in [-0.2, -0.15) is 0 Å². The van der Waals surface area contributed by atoms with E-state index in [2.05, 4.69) is 56.3 Å². The maximum absolute atomic E-state index is 3.97. The Balaban J connectivity index is 4.50. The molecule has 0 aromatic carbocycles. The summed E-state index contributed by atoms with van der Waals surface area (Å²) in [5, 5.41) is 0. The molecule has 0 aliphatic heterocycles. The van der Waals surface area contributed by atoms with Gasteiger partial charge in [0.2, 0.25) is 0 Å². The molecule has 0 aromatic heterocycles. The summed E-state index contributed by atoms with van der Waals surface area (Å²) in [6.45, 7) is 13.0. The summed E-state index contributed by atoms with van der Waals surface area (Å²) in [5.74, 6) is 0. The van der Waals surface area contributed by atoms with Gasteiger partial charge in [-0.05, 0) is 38.0 Å². The lowest BCUT2D eigenvalue weighted by Crippen LogP contribution is -2.27. The van der Waals surface area contributed by atoms with Gasteiger partial charge in [-0.15, -0.1) is 6.58 Å². The molecule has 0 nitrogen and oxygen atoms in total. The molecule has 0 aliphatic rings. The number of alkyl halides is 1. The fourth-order valence-electron chi connectivity index (χ4n) is 1.72. The van der Waals surface area contributed by atoms with Crippen LogP contribution in [0.5, 0.6) is 0 Å². The van der Waals surface area contributed by atoms with Gasteiger partial charge in [-0.25, -0.2) is 0 Å². The van der Waals surface area contributed by atoms with Gasteiger partial charge in [0, 0.05) is 4.32 Å². The van der Waals surface area contributed by atoms with Gasteiger partial charge in [0.25, 0.3) is 0 Å². The van der Waals surface area contributed by atoms with E-state index in [0.717, 1.165) is 0 Å². The Bertz CT molecular complexity index is 155. The Morgan fingerprint density at radius 1 is 1.15 bits per heavy atom. The molecule has 0 saturated heterocycles. The highest BCUT2D eigenvalue weighted by atomic mass is 79.9. The largest absolute Gasteiger partial charge is 0.103 e. The van der Waals surface area contributed by atoms with Crippen molar-refractivity contribution in [1.29, 1.82) is 0 Å². The van der Waals surface area contributed by atoms with Crippen molar-refractivity contribution >= 4 is 15.9 Å². The fraction of sp³-hybridized carbons (Fsp3) is 0.833. The summed E-state index contributed by atoms with van der Waals surface area (Å²) in [5.41, 5.74) is 0.328. The molecule has 0 aromatic rings. The highest BCUT2D eigenvalue weighted by molar-refractivity contribution is 9.10. The minimum absolute atomic E-state index is 0.271. The van der Waals surface area contributed by atoms with Crippen LogP contribution in [0.1, 0.15) is 53.4 Å². The molecule has 0 bridgehead atoms. The van der Waals surface area contributed by atoms with E-state index < -0.39 is 0 Å². The van der Waals surface area contributed by atoms with Crippen molar-refractivity contribution in [3.8, 4) is 0 Å². The average Bonchev–Trinajstić information content (AvgIpc) is 2.14. The van der Waals surface area contributed by atoms with Gasteiger partial charge in [-0.3, -0.25) is 0 Å². The van der Waals surface area contributed by atoms with Crippen LogP contribution in [0.4, 0.5) is 0 Å².